The Labute approximate surface area is 125 Å². The molecule has 1 aliphatic rings. The van der Waals surface area contributed by atoms with Gasteiger partial charge in [0.1, 0.15) is 5.75 Å². The lowest BCUT2D eigenvalue weighted by atomic mass is 10.0. The Morgan fingerprint density at radius 3 is 2.80 bits per heavy atom. The second kappa shape index (κ2) is 5.80. The van der Waals surface area contributed by atoms with Crippen LogP contribution < -0.4 is 15.4 Å². The lowest BCUT2D eigenvalue weighted by Gasteiger charge is -2.44. The van der Waals surface area contributed by atoms with E-state index < -0.39 is 0 Å². The fraction of sp³-hybridized carbons (Fsp3) is 0.600. The van der Waals surface area contributed by atoms with Gasteiger partial charge >= 0.3 is 0 Å². The fourth-order valence-electron chi connectivity index (χ4n) is 2.66. The second-order valence-electron chi connectivity index (χ2n) is 5.89. The monoisotopic (exact) mass is 298 g/mol. The molecule has 0 saturated carbocycles. The molecule has 1 aromatic rings. The van der Waals surface area contributed by atoms with Crippen LogP contribution >= 0.6 is 11.6 Å². The molecule has 1 fully saturated rings. The minimum atomic E-state index is -0.235. The Morgan fingerprint density at radius 1 is 1.50 bits per heavy atom. The van der Waals surface area contributed by atoms with Gasteiger partial charge in [-0.05, 0) is 32.4 Å². The molecular formula is C15H23ClN2O2. The molecular weight excluding hydrogens is 276 g/mol. The third kappa shape index (κ3) is 3.19. The summed E-state index contributed by atoms with van der Waals surface area (Å²) in [5.41, 5.74) is 7.63. The number of halogens is 1. The summed E-state index contributed by atoms with van der Waals surface area (Å²) in [6.45, 7) is 8.22. The third-order valence-corrected chi connectivity index (χ3v) is 3.95. The number of anilines is 1. The maximum atomic E-state index is 6.17. The van der Waals surface area contributed by atoms with E-state index in [1.54, 1.807) is 7.11 Å². The highest BCUT2D eigenvalue weighted by Crippen LogP contribution is 2.36. The highest BCUT2D eigenvalue weighted by atomic mass is 35.5. The molecule has 1 heterocycles. The Hall–Kier alpha value is -0.970. The SMILES string of the molecule is COc1cc(Cl)c(C)cc1N1CC(CN)OC(C)(C)C1. The molecule has 20 heavy (non-hydrogen) atoms. The first-order valence-corrected chi connectivity index (χ1v) is 7.21. The molecule has 0 aliphatic carbocycles. The van der Waals surface area contributed by atoms with Crippen LogP contribution in [0.1, 0.15) is 19.4 Å². The molecule has 0 spiro atoms. The van der Waals surface area contributed by atoms with E-state index >= 15 is 0 Å². The van der Waals surface area contributed by atoms with Crippen LogP contribution in [0.2, 0.25) is 5.02 Å². The van der Waals surface area contributed by atoms with E-state index in [9.17, 15) is 0 Å². The summed E-state index contributed by atoms with van der Waals surface area (Å²) >= 11 is 6.17. The molecule has 1 aromatic carbocycles. The highest BCUT2D eigenvalue weighted by molar-refractivity contribution is 6.31. The normalized spacial score (nSPS) is 21.9. The summed E-state index contributed by atoms with van der Waals surface area (Å²) in [6, 6.07) is 3.93. The summed E-state index contributed by atoms with van der Waals surface area (Å²) in [6.07, 6.45) is 0.0273. The van der Waals surface area contributed by atoms with Crippen molar-refractivity contribution in [2.45, 2.75) is 32.5 Å². The minimum absolute atomic E-state index is 0.0273. The first-order valence-electron chi connectivity index (χ1n) is 6.83. The van der Waals surface area contributed by atoms with Gasteiger partial charge in [0, 0.05) is 30.7 Å². The van der Waals surface area contributed by atoms with Crippen molar-refractivity contribution in [3.8, 4) is 5.75 Å². The van der Waals surface area contributed by atoms with Gasteiger partial charge in [-0.1, -0.05) is 11.6 Å². The summed E-state index contributed by atoms with van der Waals surface area (Å²) in [5.74, 6) is 0.786. The van der Waals surface area contributed by atoms with Gasteiger partial charge < -0.3 is 20.1 Å². The average molecular weight is 299 g/mol. The predicted octanol–water partition coefficient (Wildman–Crippen LogP) is 2.60. The molecule has 4 nitrogen and oxygen atoms in total. The standard InChI is InChI=1S/C15H23ClN2O2/c1-10-5-13(14(19-4)6-12(10)16)18-8-11(7-17)20-15(2,3)9-18/h5-6,11H,7-9,17H2,1-4H3. The van der Waals surface area contributed by atoms with Crippen LogP contribution in [0.15, 0.2) is 12.1 Å². The van der Waals surface area contributed by atoms with Crippen LogP contribution in [0.25, 0.3) is 0 Å². The summed E-state index contributed by atoms with van der Waals surface area (Å²) in [5, 5.41) is 0.716. The van der Waals surface area contributed by atoms with Crippen molar-refractivity contribution in [2.75, 3.05) is 31.6 Å². The molecule has 1 saturated heterocycles. The number of hydrogen-bond donors (Lipinski definition) is 1. The third-order valence-electron chi connectivity index (χ3n) is 3.55. The van der Waals surface area contributed by atoms with Crippen molar-refractivity contribution in [2.24, 2.45) is 5.73 Å². The lowest BCUT2D eigenvalue weighted by Crippen LogP contribution is -2.55. The lowest BCUT2D eigenvalue weighted by molar-refractivity contribution is -0.0789. The number of nitrogens with two attached hydrogens (primary N) is 1. The number of morpholine rings is 1. The van der Waals surface area contributed by atoms with Gasteiger partial charge in [-0.25, -0.2) is 0 Å². The van der Waals surface area contributed by atoms with E-state index in [4.69, 9.17) is 26.8 Å². The maximum Gasteiger partial charge on any atom is 0.143 e. The number of aryl methyl sites for hydroxylation is 1. The van der Waals surface area contributed by atoms with E-state index in [-0.39, 0.29) is 11.7 Å². The van der Waals surface area contributed by atoms with Crippen molar-refractivity contribution < 1.29 is 9.47 Å². The smallest absolute Gasteiger partial charge is 0.143 e. The van der Waals surface area contributed by atoms with E-state index in [1.165, 1.54) is 0 Å². The highest BCUT2D eigenvalue weighted by Gasteiger charge is 2.34. The minimum Gasteiger partial charge on any atom is -0.495 e. The maximum absolute atomic E-state index is 6.17. The van der Waals surface area contributed by atoms with Crippen LogP contribution in [-0.4, -0.2) is 38.4 Å². The molecule has 1 atom stereocenters. The number of rotatable bonds is 3. The van der Waals surface area contributed by atoms with Gasteiger partial charge in [0.2, 0.25) is 0 Å². The topological polar surface area (TPSA) is 47.7 Å². The van der Waals surface area contributed by atoms with Crippen LogP contribution in [0.4, 0.5) is 5.69 Å². The number of benzene rings is 1. The summed E-state index contributed by atoms with van der Waals surface area (Å²) in [7, 11) is 1.66. The Kier molecular flexibility index (Phi) is 4.47. The van der Waals surface area contributed by atoms with E-state index in [2.05, 4.69) is 24.8 Å². The molecule has 1 unspecified atom stereocenters. The molecule has 112 valence electrons. The first kappa shape index (κ1) is 15.4. The van der Waals surface area contributed by atoms with Crippen molar-refractivity contribution in [3.05, 3.63) is 22.7 Å². The van der Waals surface area contributed by atoms with Crippen molar-refractivity contribution >= 4 is 17.3 Å². The summed E-state index contributed by atoms with van der Waals surface area (Å²) in [4.78, 5) is 2.27. The zero-order chi connectivity index (χ0) is 14.9. The molecule has 0 bridgehead atoms. The molecule has 2 N–H and O–H groups in total. The average Bonchev–Trinajstić information content (AvgIpc) is 2.39. The van der Waals surface area contributed by atoms with E-state index in [1.807, 2.05) is 13.0 Å². The van der Waals surface area contributed by atoms with Gasteiger partial charge in [-0.15, -0.1) is 0 Å². The molecule has 1 aliphatic heterocycles. The molecule has 0 radical (unpaired) electrons. The van der Waals surface area contributed by atoms with Crippen molar-refractivity contribution in [1.82, 2.24) is 0 Å². The van der Waals surface area contributed by atoms with Crippen LogP contribution in [-0.2, 0) is 4.74 Å². The van der Waals surface area contributed by atoms with E-state index in [0.717, 1.165) is 30.1 Å². The second-order valence-corrected chi connectivity index (χ2v) is 6.30. The largest absolute Gasteiger partial charge is 0.495 e. The van der Waals surface area contributed by atoms with Crippen LogP contribution in [0.3, 0.4) is 0 Å². The number of nitrogens with zero attached hydrogens (tertiary/aromatic N) is 1. The van der Waals surface area contributed by atoms with E-state index in [0.29, 0.717) is 11.6 Å². The number of methoxy groups -OCH3 is 1. The molecule has 0 amide bonds. The molecule has 2 rings (SSSR count). The van der Waals surface area contributed by atoms with Gasteiger partial charge in [-0.2, -0.15) is 0 Å². The first-order chi connectivity index (χ1) is 9.36. The summed E-state index contributed by atoms with van der Waals surface area (Å²) < 4.78 is 11.4. The molecule has 5 heteroatoms. The Morgan fingerprint density at radius 2 is 2.20 bits per heavy atom. The fourth-order valence-corrected chi connectivity index (χ4v) is 2.81. The molecule has 0 aromatic heterocycles. The van der Waals surface area contributed by atoms with Crippen molar-refractivity contribution in [1.29, 1.82) is 0 Å². The zero-order valence-electron chi connectivity index (χ0n) is 12.6. The van der Waals surface area contributed by atoms with Gasteiger partial charge in [0.15, 0.2) is 0 Å². The Balaban J connectivity index is 2.37. The van der Waals surface area contributed by atoms with Crippen LogP contribution in [0.5, 0.6) is 5.75 Å². The van der Waals surface area contributed by atoms with Gasteiger partial charge in [0.05, 0.1) is 24.5 Å². The van der Waals surface area contributed by atoms with Gasteiger partial charge in [0.25, 0.3) is 0 Å². The number of hydrogen-bond acceptors (Lipinski definition) is 4. The quantitative estimate of drug-likeness (QED) is 0.932. The zero-order valence-corrected chi connectivity index (χ0v) is 13.3. The van der Waals surface area contributed by atoms with Crippen molar-refractivity contribution in [3.63, 3.8) is 0 Å². The van der Waals surface area contributed by atoms with Gasteiger partial charge in [-0.3, -0.25) is 0 Å². The predicted molar refractivity (Wildman–Crippen MR) is 83.0 cm³/mol. The Bertz CT molecular complexity index is 491. The number of ether oxygens (including phenoxy) is 2. The van der Waals surface area contributed by atoms with Crippen LogP contribution in [0, 0.1) is 6.92 Å².